The molecule has 0 atom stereocenters. The summed E-state index contributed by atoms with van der Waals surface area (Å²) in [5.41, 5.74) is 2.27. The van der Waals surface area contributed by atoms with Crippen molar-refractivity contribution in [1.82, 2.24) is 20.1 Å². The number of aromatic nitrogens is 3. The SMILES string of the molecule is COc1ccc(C=CC(=O)NCc2nnc(SCC(=O)Nc3cccc(Cl)c3C)n2C)cc1OC. The van der Waals surface area contributed by atoms with Crippen molar-refractivity contribution in [3.05, 3.63) is 64.4 Å². The maximum Gasteiger partial charge on any atom is 0.244 e. The van der Waals surface area contributed by atoms with Crippen LogP contribution in [-0.4, -0.2) is 46.6 Å². The van der Waals surface area contributed by atoms with E-state index < -0.39 is 0 Å². The third kappa shape index (κ3) is 7.00. The van der Waals surface area contributed by atoms with E-state index in [2.05, 4.69) is 20.8 Å². The Bertz CT molecular complexity index is 1240. The number of nitrogens with zero attached hydrogens (tertiary/aromatic N) is 3. The van der Waals surface area contributed by atoms with Gasteiger partial charge in [-0.05, 0) is 48.4 Å². The molecule has 0 radical (unpaired) electrons. The Morgan fingerprint density at radius 2 is 1.91 bits per heavy atom. The third-order valence-corrected chi connectivity index (χ3v) is 6.48. The highest BCUT2D eigenvalue weighted by Gasteiger charge is 2.13. The molecule has 3 aromatic rings. The molecule has 0 unspecified atom stereocenters. The highest BCUT2D eigenvalue weighted by Crippen LogP contribution is 2.28. The van der Waals surface area contributed by atoms with Gasteiger partial charge in [0.05, 0.1) is 26.5 Å². The zero-order valence-corrected chi connectivity index (χ0v) is 21.4. The third-order valence-electron chi connectivity index (χ3n) is 5.05. The molecule has 0 spiro atoms. The molecule has 1 heterocycles. The molecule has 2 N–H and O–H groups in total. The number of benzene rings is 2. The molecule has 0 aliphatic heterocycles. The number of amides is 2. The van der Waals surface area contributed by atoms with Crippen molar-refractivity contribution in [2.75, 3.05) is 25.3 Å². The van der Waals surface area contributed by atoms with Crippen LogP contribution >= 0.6 is 23.4 Å². The second kappa shape index (κ2) is 12.3. The molecule has 2 aromatic carbocycles. The number of hydrogen-bond acceptors (Lipinski definition) is 7. The molecule has 1 aromatic heterocycles. The highest BCUT2D eigenvalue weighted by atomic mass is 35.5. The summed E-state index contributed by atoms with van der Waals surface area (Å²) < 4.78 is 12.2. The van der Waals surface area contributed by atoms with E-state index in [0.717, 1.165) is 11.1 Å². The van der Waals surface area contributed by atoms with Crippen LogP contribution < -0.4 is 20.1 Å². The first-order valence-corrected chi connectivity index (χ1v) is 11.9. The number of carbonyl (C=O) groups is 2. The summed E-state index contributed by atoms with van der Waals surface area (Å²) in [5.74, 6) is 1.44. The van der Waals surface area contributed by atoms with Crippen LogP contribution in [0.15, 0.2) is 47.6 Å². The van der Waals surface area contributed by atoms with Gasteiger partial charge in [0.1, 0.15) is 0 Å². The Morgan fingerprint density at radius 3 is 2.66 bits per heavy atom. The molecule has 0 saturated carbocycles. The fraction of sp³-hybridized carbons (Fsp3) is 0.250. The first kappa shape index (κ1) is 26.1. The summed E-state index contributed by atoms with van der Waals surface area (Å²) in [4.78, 5) is 24.6. The first-order valence-electron chi connectivity index (χ1n) is 10.6. The van der Waals surface area contributed by atoms with Crippen LogP contribution in [0.5, 0.6) is 11.5 Å². The summed E-state index contributed by atoms with van der Waals surface area (Å²) in [5, 5.41) is 15.0. The zero-order chi connectivity index (χ0) is 25.4. The van der Waals surface area contributed by atoms with Crippen molar-refractivity contribution < 1.29 is 19.1 Å². The smallest absolute Gasteiger partial charge is 0.244 e. The van der Waals surface area contributed by atoms with Gasteiger partial charge in [-0.25, -0.2) is 0 Å². The number of carbonyl (C=O) groups excluding carboxylic acids is 2. The Morgan fingerprint density at radius 1 is 1.14 bits per heavy atom. The number of nitrogens with one attached hydrogen (secondary N) is 2. The fourth-order valence-electron chi connectivity index (χ4n) is 3.04. The van der Waals surface area contributed by atoms with Gasteiger partial charge in [-0.15, -0.1) is 10.2 Å². The lowest BCUT2D eigenvalue weighted by Gasteiger charge is -2.09. The standard InChI is InChI=1S/C24H26ClN5O4S/c1-15-17(25)6-5-7-18(15)27-23(32)14-35-24-29-28-21(30(24)2)13-26-22(31)11-9-16-8-10-19(33-3)20(12-16)34-4/h5-12H,13-14H2,1-4H3,(H,26,31)(H,27,32). The Hall–Kier alpha value is -3.50. The summed E-state index contributed by atoms with van der Waals surface area (Å²) in [6, 6.07) is 10.7. The minimum Gasteiger partial charge on any atom is -0.493 e. The molecule has 0 saturated heterocycles. The van der Waals surface area contributed by atoms with Crippen molar-refractivity contribution in [2.45, 2.75) is 18.6 Å². The van der Waals surface area contributed by atoms with Gasteiger partial charge in [-0.1, -0.05) is 35.5 Å². The maximum absolute atomic E-state index is 12.3. The largest absolute Gasteiger partial charge is 0.493 e. The van der Waals surface area contributed by atoms with E-state index in [1.54, 1.807) is 62.2 Å². The van der Waals surface area contributed by atoms with Gasteiger partial charge in [0.25, 0.3) is 0 Å². The zero-order valence-electron chi connectivity index (χ0n) is 19.8. The van der Waals surface area contributed by atoms with Crippen LogP contribution in [0.4, 0.5) is 5.69 Å². The Labute approximate surface area is 212 Å². The van der Waals surface area contributed by atoms with Gasteiger partial charge >= 0.3 is 0 Å². The number of halogens is 1. The Balaban J connectivity index is 1.51. The average molecular weight is 516 g/mol. The van der Waals surface area contributed by atoms with Gasteiger partial charge in [0, 0.05) is 23.8 Å². The molecule has 0 fully saturated rings. The van der Waals surface area contributed by atoms with Gasteiger partial charge < -0.3 is 24.7 Å². The topological polar surface area (TPSA) is 107 Å². The van der Waals surface area contributed by atoms with E-state index in [9.17, 15) is 9.59 Å². The molecule has 35 heavy (non-hydrogen) atoms. The minimum absolute atomic E-state index is 0.151. The van der Waals surface area contributed by atoms with Gasteiger partial charge in [0.15, 0.2) is 22.5 Å². The van der Waals surface area contributed by atoms with Crippen LogP contribution in [0.3, 0.4) is 0 Å². The van der Waals surface area contributed by atoms with Crippen LogP contribution in [0.1, 0.15) is 17.0 Å². The molecule has 0 aliphatic carbocycles. The summed E-state index contributed by atoms with van der Waals surface area (Å²) in [6.07, 6.45) is 3.10. The minimum atomic E-state index is -0.284. The molecule has 11 heteroatoms. The number of anilines is 1. The number of hydrogen-bond donors (Lipinski definition) is 2. The summed E-state index contributed by atoms with van der Waals surface area (Å²) >= 11 is 7.35. The fourth-order valence-corrected chi connectivity index (χ4v) is 3.94. The van der Waals surface area contributed by atoms with Gasteiger partial charge in [-0.2, -0.15) is 0 Å². The van der Waals surface area contributed by atoms with Crippen molar-refractivity contribution in [1.29, 1.82) is 0 Å². The molecular weight excluding hydrogens is 490 g/mol. The Kier molecular flexibility index (Phi) is 9.16. The van der Waals surface area contributed by atoms with Crippen LogP contribution in [0.25, 0.3) is 6.08 Å². The normalized spacial score (nSPS) is 10.9. The summed E-state index contributed by atoms with van der Waals surface area (Å²) in [6.45, 7) is 2.03. The van der Waals surface area contributed by atoms with E-state index in [4.69, 9.17) is 21.1 Å². The second-order valence-electron chi connectivity index (χ2n) is 7.37. The molecular formula is C24H26ClN5O4S. The van der Waals surface area contributed by atoms with Crippen LogP contribution in [-0.2, 0) is 23.2 Å². The van der Waals surface area contributed by atoms with E-state index in [1.807, 2.05) is 13.0 Å². The van der Waals surface area contributed by atoms with Crippen LogP contribution in [0, 0.1) is 6.92 Å². The van der Waals surface area contributed by atoms with E-state index >= 15 is 0 Å². The van der Waals surface area contributed by atoms with Crippen molar-refractivity contribution in [3.8, 4) is 11.5 Å². The van der Waals surface area contributed by atoms with Gasteiger partial charge in [-0.3, -0.25) is 9.59 Å². The molecule has 0 bridgehead atoms. The predicted octanol–water partition coefficient (Wildman–Crippen LogP) is 3.85. The maximum atomic E-state index is 12.3. The molecule has 0 aliphatic rings. The van der Waals surface area contributed by atoms with E-state index in [1.165, 1.54) is 17.8 Å². The molecule has 3 rings (SSSR count). The summed E-state index contributed by atoms with van der Waals surface area (Å²) in [7, 11) is 4.90. The van der Waals surface area contributed by atoms with Crippen molar-refractivity contribution >= 4 is 46.9 Å². The number of thioether (sulfide) groups is 1. The molecule has 184 valence electrons. The quantitative estimate of drug-likeness (QED) is 0.312. The number of ether oxygens (including phenoxy) is 2. The highest BCUT2D eigenvalue weighted by molar-refractivity contribution is 7.99. The van der Waals surface area contributed by atoms with Crippen LogP contribution in [0.2, 0.25) is 5.02 Å². The van der Waals surface area contributed by atoms with E-state index in [-0.39, 0.29) is 24.1 Å². The lowest BCUT2D eigenvalue weighted by atomic mass is 10.2. The second-order valence-corrected chi connectivity index (χ2v) is 8.72. The van der Waals surface area contributed by atoms with E-state index in [0.29, 0.717) is 33.2 Å². The monoisotopic (exact) mass is 515 g/mol. The number of rotatable bonds is 10. The number of methoxy groups -OCH3 is 2. The lowest BCUT2D eigenvalue weighted by molar-refractivity contribution is -0.116. The van der Waals surface area contributed by atoms with Gasteiger partial charge in [0.2, 0.25) is 11.8 Å². The lowest BCUT2D eigenvalue weighted by Crippen LogP contribution is -2.22. The predicted molar refractivity (Wildman–Crippen MR) is 137 cm³/mol. The average Bonchev–Trinajstić information content (AvgIpc) is 3.21. The van der Waals surface area contributed by atoms with Crippen molar-refractivity contribution in [3.63, 3.8) is 0 Å². The first-order chi connectivity index (χ1) is 16.8. The van der Waals surface area contributed by atoms with Crippen molar-refractivity contribution in [2.24, 2.45) is 7.05 Å². The molecule has 9 nitrogen and oxygen atoms in total. The molecule has 2 amide bonds.